The first-order chi connectivity index (χ1) is 9.22. The smallest absolute Gasteiger partial charge is 0.337 e. The Morgan fingerprint density at radius 3 is 2.89 bits per heavy atom. The summed E-state index contributed by atoms with van der Waals surface area (Å²) < 4.78 is 0. The lowest BCUT2D eigenvalue weighted by molar-refractivity contribution is 0.0698. The van der Waals surface area contributed by atoms with Crippen LogP contribution >= 0.6 is 0 Å². The minimum Gasteiger partial charge on any atom is -0.478 e. The number of aromatic carboxylic acids is 1. The number of hydrazone groups is 1. The molecule has 94 valence electrons. The van der Waals surface area contributed by atoms with Crippen molar-refractivity contribution in [1.82, 2.24) is 20.6 Å². The van der Waals surface area contributed by atoms with Crippen LogP contribution in [0.3, 0.4) is 0 Å². The molecule has 0 aliphatic carbocycles. The molecule has 2 aromatic rings. The van der Waals surface area contributed by atoms with E-state index in [0.29, 0.717) is 0 Å². The van der Waals surface area contributed by atoms with Crippen LogP contribution < -0.4 is 5.43 Å². The number of aromatic nitrogens is 4. The number of anilines is 1. The zero-order valence-corrected chi connectivity index (χ0v) is 9.40. The number of hydrogen-bond acceptors (Lipinski definition) is 7. The molecule has 9 heteroatoms. The van der Waals surface area contributed by atoms with E-state index in [1.807, 2.05) is 0 Å². The van der Waals surface area contributed by atoms with E-state index in [9.17, 15) is 4.79 Å². The quantitative estimate of drug-likeness (QED) is 0.526. The predicted molar refractivity (Wildman–Crippen MR) is 63.4 cm³/mol. The molecule has 0 atom stereocenters. The molecule has 19 heavy (non-hydrogen) atoms. The summed E-state index contributed by atoms with van der Waals surface area (Å²) in [5, 5.41) is 34.3. The molecule has 1 heterocycles. The maximum Gasteiger partial charge on any atom is 0.337 e. The molecule has 0 aliphatic heterocycles. The molecule has 0 amide bonds. The molecule has 1 aromatic heterocycles. The molecular weight excluding hydrogens is 250 g/mol. The Balaban J connectivity index is 2.27. The highest BCUT2D eigenvalue weighted by atomic mass is 16.4. The summed E-state index contributed by atoms with van der Waals surface area (Å²) in [4.78, 5) is 11.0. The van der Waals surface area contributed by atoms with E-state index >= 15 is 0 Å². The highest BCUT2D eigenvalue weighted by molar-refractivity contribution is 6.09. The number of H-pyrrole nitrogens is 1. The molecule has 0 bridgehead atoms. The van der Waals surface area contributed by atoms with E-state index in [2.05, 4.69) is 31.2 Å². The summed E-state index contributed by atoms with van der Waals surface area (Å²) in [6, 6.07) is 7.95. The first-order valence-electron chi connectivity index (χ1n) is 5.02. The number of nitriles is 1. The molecule has 0 aliphatic rings. The van der Waals surface area contributed by atoms with Gasteiger partial charge in [0.2, 0.25) is 11.5 Å². The second-order valence-corrected chi connectivity index (χ2v) is 3.27. The van der Waals surface area contributed by atoms with Gasteiger partial charge in [0.05, 0.1) is 11.3 Å². The number of carboxylic acid groups (broad SMARTS) is 1. The largest absolute Gasteiger partial charge is 0.478 e. The average Bonchev–Trinajstić information content (AvgIpc) is 2.94. The molecule has 0 radical (unpaired) electrons. The fourth-order valence-electron chi connectivity index (χ4n) is 1.27. The minimum atomic E-state index is -1.10. The molecule has 9 nitrogen and oxygen atoms in total. The molecule has 1 aromatic carbocycles. The Bertz CT molecular complexity index is 657. The Hall–Kier alpha value is -3.28. The van der Waals surface area contributed by atoms with Gasteiger partial charge in [-0.25, -0.2) is 4.79 Å². The number of carboxylic acids is 1. The van der Waals surface area contributed by atoms with Gasteiger partial charge in [-0.2, -0.15) is 15.6 Å². The number of carbonyl (C=O) groups is 1. The van der Waals surface area contributed by atoms with Gasteiger partial charge < -0.3 is 5.11 Å². The molecule has 0 spiro atoms. The van der Waals surface area contributed by atoms with Crippen molar-refractivity contribution in [3.05, 3.63) is 35.7 Å². The van der Waals surface area contributed by atoms with Crippen molar-refractivity contribution in [2.75, 3.05) is 5.43 Å². The van der Waals surface area contributed by atoms with Gasteiger partial charge in [0.25, 0.3) is 0 Å². The molecule has 0 saturated carbocycles. The van der Waals surface area contributed by atoms with Crippen molar-refractivity contribution in [2.45, 2.75) is 0 Å². The summed E-state index contributed by atoms with van der Waals surface area (Å²) in [7, 11) is 0. The summed E-state index contributed by atoms with van der Waals surface area (Å²) in [5.41, 5.74) is 2.67. The lowest BCUT2D eigenvalue weighted by atomic mass is 10.2. The second-order valence-electron chi connectivity index (χ2n) is 3.27. The standard InChI is InChI=1S/C10H7N7O2/c11-5-8(9-14-16-17-15-9)13-12-7-4-2-1-3-6(7)10(18)19/h1-4,12H,(H,18,19)(H,14,15,16,17)/b13-8-. The molecular formula is C10H7N7O2. The fourth-order valence-corrected chi connectivity index (χ4v) is 1.27. The van der Waals surface area contributed by atoms with Crippen LogP contribution in [0, 0.1) is 11.3 Å². The van der Waals surface area contributed by atoms with Crippen molar-refractivity contribution in [3.8, 4) is 6.07 Å². The fraction of sp³-hybridized carbons (Fsp3) is 0. The van der Waals surface area contributed by atoms with Crippen LogP contribution in [0.1, 0.15) is 16.2 Å². The third kappa shape index (κ3) is 2.70. The zero-order chi connectivity index (χ0) is 13.7. The number of nitrogens with zero attached hydrogens (tertiary/aromatic N) is 5. The Morgan fingerprint density at radius 2 is 2.26 bits per heavy atom. The maximum absolute atomic E-state index is 11.0. The molecule has 0 fully saturated rings. The van der Waals surface area contributed by atoms with E-state index in [0.717, 1.165) is 0 Å². The van der Waals surface area contributed by atoms with Crippen LogP contribution in [0.2, 0.25) is 0 Å². The highest BCUT2D eigenvalue weighted by Crippen LogP contribution is 2.14. The zero-order valence-electron chi connectivity index (χ0n) is 9.40. The molecule has 2 rings (SSSR count). The van der Waals surface area contributed by atoms with Gasteiger partial charge in [-0.05, 0) is 17.3 Å². The van der Waals surface area contributed by atoms with Gasteiger partial charge in [-0.3, -0.25) is 5.43 Å². The number of tetrazole rings is 1. The number of hydrogen-bond donors (Lipinski definition) is 3. The highest BCUT2D eigenvalue weighted by Gasteiger charge is 2.10. The average molecular weight is 257 g/mol. The number of rotatable bonds is 4. The lowest BCUT2D eigenvalue weighted by Gasteiger charge is -2.04. The lowest BCUT2D eigenvalue weighted by Crippen LogP contribution is -2.07. The van der Waals surface area contributed by atoms with E-state index in [4.69, 9.17) is 10.4 Å². The van der Waals surface area contributed by atoms with Gasteiger partial charge in [0.15, 0.2) is 0 Å². The SMILES string of the molecule is N#C/C(=N/Nc1ccccc1C(=O)O)c1nn[nH]n1. The monoisotopic (exact) mass is 257 g/mol. The minimum absolute atomic E-state index is 0.0165. The first-order valence-corrected chi connectivity index (χ1v) is 5.02. The van der Waals surface area contributed by atoms with E-state index in [1.54, 1.807) is 18.2 Å². The van der Waals surface area contributed by atoms with Crippen molar-refractivity contribution < 1.29 is 9.90 Å². The van der Waals surface area contributed by atoms with E-state index in [-0.39, 0.29) is 22.8 Å². The van der Waals surface area contributed by atoms with Crippen molar-refractivity contribution >= 4 is 17.4 Å². The maximum atomic E-state index is 11.0. The van der Waals surface area contributed by atoms with Crippen LogP contribution in [0.4, 0.5) is 5.69 Å². The predicted octanol–water partition coefficient (Wildman–Crippen LogP) is 0.238. The Morgan fingerprint density at radius 1 is 1.47 bits per heavy atom. The van der Waals surface area contributed by atoms with Gasteiger partial charge >= 0.3 is 5.97 Å². The number of para-hydroxylation sites is 1. The van der Waals surface area contributed by atoms with Crippen molar-refractivity contribution in [3.63, 3.8) is 0 Å². The third-order valence-electron chi connectivity index (χ3n) is 2.11. The number of benzene rings is 1. The number of aromatic amines is 1. The van der Waals surface area contributed by atoms with Gasteiger partial charge in [0, 0.05) is 0 Å². The Labute approximate surface area is 106 Å². The van der Waals surface area contributed by atoms with Crippen LogP contribution in [-0.4, -0.2) is 37.4 Å². The van der Waals surface area contributed by atoms with Crippen LogP contribution in [0.15, 0.2) is 29.4 Å². The van der Waals surface area contributed by atoms with Crippen LogP contribution in [-0.2, 0) is 0 Å². The van der Waals surface area contributed by atoms with Crippen LogP contribution in [0.25, 0.3) is 0 Å². The molecule has 0 unspecified atom stereocenters. The summed E-state index contributed by atoms with van der Waals surface area (Å²) in [6.07, 6.45) is 0. The Kier molecular flexibility index (Phi) is 3.44. The van der Waals surface area contributed by atoms with Gasteiger partial charge in [0.1, 0.15) is 6.07 Å². The first kappa shape index (κ1) is 12.2. The van der Waals surface area contributed by atoms with Gasteiger partial charge in [-0.15, -0.1) is 10.2 Å². The summed E-state index contributed by atoms with van der Waals surface area (Å²) in [6.45, 7) is 0. The molecule has 3 N–H and O–H groups in total. The molecule has 0 saturated heterocycles. The van der Waals surface area contributed by atoms with Crippen molar-refractivity contribution in [2.24, 2.45) is 5.10 Å². The summed E-state index contributed by atoms with van der Waals surface area (Å²) >= 11 is 0. The topological polar surface area (TPSA) is 140 Å². The van der Waals surface area contributed by atoms with Gasteiger partial charge in [-0.1, -0.05) is 12.1 Å². The van der Waals surface area contributed by atoms with E-state index in [1.165, 1.54) is 12.1 Å². The van der Waals surface area contributed by atoms with Crippen LogP contribution in [0.5, 0.6) is 0 Å². The third-order valence-corrected chi connectivity index (χ3v) is 2.11. The second kappa shape index (κ2) is 5.37. The number of nitrogens with one attached hydrogen (secondary N) is 2. The van der Waals surface area contributed by atoms with Crippen molar-refractivity contribution in [1.29, 1.82) is 5.26 Å². The summed E-state index contributed by atoms with van der Waals surface area (Å²) in [5.74, 6) is -1.08. The normalized spacial score (nSPS) is 10.8. The van der Waals surface area contributed by atoms with E-state index < -0.39 is 5.97 Å².